The summed E-state index contributed by atoms with van der Waals surface area (Å²) in [5, 5.41) is 0.131. The van der Waals surface area contributed by atoms with Gasteiger partial charge in [-0.1, -0.05) is 18.2 Å². The fourth-order valence-electron chi connectivity index (χ4n) is 2.64. The van der Waals surface area contributed by atoms with Gasteiger partial charge in [0, 0.05) is 31.6 Å². The van der Waals surface area contributed by atoms with Crippen LogP contribution >= 0.6 is 11.6 Å². The summed E-state index contributed by atoms with van der Waals surface area (Å²) in [5.41, 5.74) is 0. The van der Waals surface area contributed by atoms with Gasteiger partial charge in [0.1, 0.15) is 0 Å². The molecule has 0 unspecified atom stereocenters. The van der Waals surface area contributed by atoms with Gasteiger partial charge in [0.25, 0.3) is 0 Å². The van der Waals surface area contributed by atoms with E-state index in [1.807, 2.05) is 4.90 Å². The molecule has 0 bridgehead atoms. The molecule has 1 saturated heterocycles. The predicted molar refractivity (Wildman–Crippen MR) is 79.4 cm³/mol. The molecule has 2 aliphatic rings. The number of carbonyl (C=O) groups excluding carboxylic acids is 1. The fraction of sp³-hybridized carbons (Fsp3) is 0.571. The summed E-state index contributed by atoms with van der Waals surface area (Å²) < 4.78 is 0. The summed E-state index contributed by atoms with van der Waals surface area (Å²) in [6, 6.07) is 0.146. The van der Waals surface area contributed by atoms with Crippen LogP contribution in [0.5, 0.6) is 0 Å². The third-order valence-electron chi connectivity index (χ3n) is 3.97. The molecule has 0 N–H and O–H groups in total. The number of hydrogen-bond donors (Lipinski definition) is 0. The van der Waals surface area contributed by atoms with Gasteiger partial charge >= 0.3 is 5.82 Å². The summed E-state index contributed by atoms with van der Waals surface area (Å²) in [6.45, 7) is 11.1. The second-order valence-electron chi connectivity index (χ2n) is 5.56. The van der Waals surface area contributed by atoms with E-state index < -0.39 is 0 Å². The Labute approximate surface area is 128 Å². The van der Waals surface area contributed by atoms with E-state index in [0.717, 1.165) is 12.8 Å². The average molecular weight is 306 g/mol. The molecule has 1 saturated carbocycles. The molecule has 1 aliphatic carbocycles. The van der Waals surface area contributed by atoms with Crippen LogP contribution in [-0.4, -0.2) is 46.5 Å². The monoisotopic (exact) mass is 305 g/mol. The Kier molecular flexibility index (Phi) is 3.68. The van der Waals surface area contributed by atoms with Crippen LogP contribution in [0.3, 0.4) is 0 Å². The minimum atomic E-state index is 0.121. The van der Waals surface area contributed by atoms with E-state index in [4.69, 9.17) is 18.2 Å². The van der Waals surface area contributed by atoms with Crippen LogP contribution in [-0.2, 0) is 4.79 Å². The van der Waals surface area contributed by atoms with Crippen molar-refractivity contribution >= 4 is 29.1 Å². The zero-order chi connectivity index (χ0) is 15.0. The lowest BCUT2D eigenvalue weighted by Gasteiger charge is -2.40. The van der Waals surface area contributed by atoms with Crippen LogP contribution in [0.2, 0.25) is 5.15 Å². The number of halogens is 1. The van der Waals surface area contributed by atoms with E-state index >= 15 is 0 Å². The molecule has 2 fully saturated rings. The highest BCUT2D eigenvalue weighted by Gasteiger charge is 2.37. The van der Waals surface area contributed by atoms with Crippen molar-refractivity contribution in [1.29, 1.82) is 0 Å². The molecule has 1 aromatic heterocycles. The SMILES string of the molecule is [C-]#[N+]c1ncc(N2CCN(C(=O)C3CC3)[C@H](C)C2)nc1Cl. The molecule has 6 nitrogen and oxygen atoms in total. The molecule has 1 atom stereocenters. The second-order valence-corrected chi connectivity index (χ2v) is 5.91. The molecule has 1 amide bonds. The number of carbonyl (C=O) groups is 1. The highest BCUT2D eigenvalue weighted by molar-refractivity contribution is 6.31. The molecule has 110 valence electrons. The zero-order valence-electron chi connectivity index (χ0n) is 11.8. The van der Waals surface area contributed by atoms with Gasteiger partial charge in [0.2, 0.25) is 5.91 Å². The standard InChI is InChI=1S/C14H16ClN5O/c1-9-8-19(5-6-20(9)14(21)10-3-4-10)11-7-17-13(16-2)12(15)18-11/h7,9-10H,3-6,8H2,1H3/t9-/m1/s1. The van der Waals surface area contributed by atoms with E-state index in [2.05, 4.69) is 26.6 Å². The number of aromatic nitrogens is 2. The largest absolute Gasteiger partial charge is 0.358 e. The van der Waals surface area contributed by atoms with Crippen molar-refractivity contribution in [3.05, 3.63) is 22.8 Å². The van der Waals surface area contributed by atoms with Crippen LogP contribution in [0, 0.1) is 12.5 Å². The molecule has 1 aromatic rings. The van der Waals surface area contributed by atoms with Gasteiger partial charge in [-0.3, -0.25) is 4.79 Å². The molecule has 21 heavy (non-hydrogen) atoms. The van der Waals surface area contributed by atoms with Crippen LogP contribution in [0.4, 0.5) is 11.6 Å². The topological polar surface area (TPSA) is 53.7 Å². The summed E-state index contributed by atoms with van der Waals surface area (Å²) in [5.74, 6) is 1.33. The first-order valence-corrected chi connectivity index (χ1v) is 7.43. The maximum Gasteiger partial charge on any atom is 0.307 e. The van der Waals surface area contributed by atoms with Gasteiger partial charge in [-0.05, 0) is 19.8 Å². The third-order valence-corrected chi connectivity index (χ3v) is 4.22. The Bertz CT molecular complexity index is 610. The van der Waals surface area contributed by atoms with Crippen LogP contribution in [0.1, 0.15) is 19.8 Å². The van der Waals surface area contributed by atoms with E-state index in [1.165, 1.54) is 0 Å². The van der Waals surface area contributed by atoms with Crippen molar-refractivity contribution in [2.45, 2.75) is 25.8 Å². The van der Waals surface area contributed by atoms with Gasteiger partial charge in [-0.2, -0.15) is 0 Å². The minimum absolute atomic E-state index is 0.121. The van der Waals surface area contributed by atoms with Gasteiger partial charge in [-0.15, -0.1) is 4.98 Å². The van der Waals surface area contributed by atoms with Crippen molar-refractivity contribution in [2.24, 2.45) is 5.92 Å². The molecule has 2 heterocycles. The van der Waals surface area contributed by atoms with E-state index in [1.54, 1.807) is 6.20 Å². The number of nitrogens with zero attached hydrogens (tertiary/aromatic N) is 5. The van der Waals surface area contributed by atoms with Crippen LogP contribution < -0.4 is 4.90 Å². The third kappa shape index (κ3) is 2.79. The first kappa shape index (κ1) is 14.1. The van der Waals surface area contributed by atoms with Gasteiger partial charge in [0.05, 0.1) is 0 Å². The number of amides is 1. The molecule has 3 rings (SSSR count). The normalized spacial score (nSPS) is 22.0. The smallest absolute Gasteiger partial charge is 0.307 e. The highest BCUT2D eigenvalue weighted by atomic mass is 35.5. The summed E-state index contributed by atoms with van der Waals surface area (Å²) in [4.78, 5) is 27.7. The molecule has 0 spiro atoms. The van der Waals surface area contributed by atoms with Gasteiger partial charge in [-0.25, -0.2) is 4.98 Å². The lowest BCUT2D eigenvalue weighted by atomic mass is 10.1. The second kappa shape index (κ2) is 5.49. The Morgan fingerprint density at radius 3 is 2.81 bits per heavy atom. The first-order valence-electron chi connectivity index (χ1n) is 7.05. The quantitative estimate of drug-likeness (QED) is 0.786. The van der Waals surface area contributed by atoms with Crippen molar-refractivity contribution in [3.8, 4) is 0 Å². The Hall–Kier alpha value is -1.87. The number of anilines is 1. The minimum Gasteiger partial charge on any atom is -0.358 e. The summed E-state index contributed by atoms with van der Waals surface area (Å²) >= 11 is 5.94. The van der Waals surface area contributed by atoms with Crippen molar-refractivity contribution in [3.63, 3.8) is 0 Å². The Balaban J connectivity index is 1.70. The number of piperazine rings is 1. The predicted octanol–water partition coefficient (Wildman–Crippen LogP) is 2.13. The van der Waals surface area contributed by atoms with E-state index in [0.29, 0.717) is 25.5 Å². The lowest BCUT2D eigenvalue weighted by molar-refractivity contribution is -0.134. The Morgan fingerprint density at radius 2 is 2.24 bits per heavy atom. The average Bonchev–Trinajstić information content (AvgIpc) is 3.31. The summed E-state index contributed by atoms with van der Waals surface area (Å²) in [6.07, 6.45) is 3.64. The van der Waals surface area contributed by atoms with Gasteiger partial charge in [0.15, 0.2) is 17.2 Å². The molecule has 0 radical (unpaired) electrons. The van der Waals surface area contributed by atoms with E-state index in [9.17, 15) is 4.79 Å². The Morgan fingerprint density at radius 1 is 1.48 bits per heavy atom. The molecule has 7 heteroatoms. The van der Waals surface area contributed by atoms with E-state index in [-0.39, 0.29) is 28.8 Å². The summed E-state index contributed by atoms with van der Waals surface area (Å²) in [7, 11) is 0. The van der Waals surface area contributed by atoms with Crippen LogP contribution in [0.15, 0.2) is 6.20 Å². The molecule has 0 aromatic carbocycles. The zero-order valence-corrected chi connectivity index (χ0v) is 12.5. The maximum absolute atomic E-state index is 12.2. The van der Waals surface area contributed by atoms with Gasteiger partial charge < -0.3 is 14.6 Å². The van der Waals surface area contributed by atoms with Crippen molar-refractivity contribution in [1.82, 2.24) is 14.9 Å². The fourth-order valence-corrected chi connectivity index (χ4v) is 2.81. The molecule has 1 aliphatic heterocycles. The van der Waals surface area contributed by atoms with Crippen molar-refractivity contribution in [2.75, 3.05) is 24.5 Å². The van der Waals surface area contributed by atoms with Crippen molar-refractivity contribution < 1.29 is 4.79 Å². The van der Waals surface area contributed by atoms with Crippen LogP contribution in [0.25, 0.3) is 4.85 Å². The molecular formula is C14H16ClN5O. The number of rotatable bonds is 2. The highest BCUT2D eigenvalue weighted by Crippen LogP contribution is 2.32. The first-order chi connectivity index (χ1) is 10.1. The lowest BCUT2D eigenvalue weighted by Crippen LogP contribution is -2.54. The maximum atomic E-state index is 12.2. The number of hydrogen-bond acceptors (Lipinski definition) is 4. The molecular weight excluding hydrogens is 290 g/mol.